The minimum atomic E-state index is -0.576. The van der Waals surface area contributed by atoms with Crippen molar-refractivity contribution in [3.63, 3.8) is 0 Å². The maximum Gasteiger partial charge on any atom is 0.317 e. The van der Waals surface area contributed by atoms with E-state index in [9.17, 15) is 9.59 Å². The van der Waals surface area contributed by atoms with Crippen molar-refractivity contribution in [2.45, 2.75) is 33.8 Å². The lowest BCUT2D eigenvalue weighted by Crippen LogP contribution is -2.31. The molecule has 0 aromatic heterocycles. The Balaban J connectivity index is 2.92. The molecule has 3 nitrogen and oxygen atoms in total. The van der Waals surface area contributed by atoms with Gasteiger partial charge in [0.05, 0.1) is 0 Å². The molecule has 68 valence electrons. The van der Waals surface area contributed by atoms with Gasteiger partial charge in [0.25, 0.3) is 0 Å². The third-order valence-corrected chi connectivity index (χ3v) is 2.08. The molecule has 1 saturated heterocycles. The van der Waals surface area contributed by atoms with Gasteiger partial charge in [0.2, 0.25) is 0 Å². The molecule has 12 heavy (non-hydrogen) atoms. The molecule has 1 heterocycles. The fraction of sp³-hybridized carbons (Fsp3) is 0.778. The molecule has 0 amide bonds. The van der Waals surface area contributed by atoms with E-state index in [0.717, 1.165) is 0 Å². The second kappa shape index (κ2) is 2.57. The summed E-state index contributed by atoms with van der Waals surface area (Å²) in [6, 6.07) is 0. The molecule has 1 aliphatic heterocycles. The highest BCUT2D eigenvalue weighted by atomic mass is 16.6. The van der Waals surface area contributed by atoms with E-state index in [1.807, 2.05) is 20.8 Å². The molecular formula is C9H14O3. The third kappa shape index (κ3) is 1.36. The van der Waals surface area contributed by atoms with Crippen LogP contribution in [0.2, 0.25) is 0 Å². The van der Waals surface area contributed by atoms with Crippen molar-refractivity contribution in [1.82, 2.24) is 0 Å². The van der Waals surface area contributed by atoms with E-state index in [4.69, 9.17) is 4.74 Å². The van der Waals surface area contributed by atoms with Gasteiger partial charge < -0.3 is 4.74 Å². The number of hydrogen-bond acceptors (Lipinski definition) is 3. The zero-order valence-electron chi connectivity index (χ0n) is 7.88. The van der Waals surface area contributed by atoms with Crippen LogP contribution < -0.4 is 0 Å². The fourth-order valence-corrected chi connectivity index (χ4v) is 1.43. The van der Waals surface area contributed by atoms with Gasteiger partial charge in [-0.25, -0.2) is 0 Å². The van der Waals surface area contributed by atoms with E-state index in [-0.39, 0.29) is 17.2 Å². The molecular weight excluding hydrogens is 156 g/mol. The summed E-state index contributed by atoms with van der Waals surface area (Å²) in [6.07, 6.45) is -0.554. The topological polar surface area (TPSA) is 43.4 Å². The van der Waals surface area contributed by atoms with Gasteiger partial charge >= 0.3 is 5.97 Å². The quantitative estimate of drug-likeness (QED) is 0.405. The molecule has 2 unspecified atom stereocenters. The van der Waals surface area contributed by atoms with Gasteiger partial charge in [0.1, 0.15) is 5.92 Å². The fourth-order valence-electron chi connectivity index (χ4n) is 1.43. The van der Waals surface area contributed by atoms with E-state index in [1.54, 1.807) is 6.92 Å². The Morgan fingerprint density at radius 3 is 1.92 bits per heavy atom. The van der Waals surface area contributed by atoms with Gasteiger partial charge in [-0.3, -0.25) is 9.59 Å². The predicted molar refractivity (Wildman–Crippen MR) is 43.5 cm³/mol. The first-order chi connectivity index (χ1) is 5.34. The average Bonchev–Trinajstić information content (AvgIpc) is 2.05. The van der Waals surface area contributed by atoms with Crippen LogP contribution in [0.25, 0.3) is 0 Å². The van der Waals surface area contributed by atoms with E-state index >= 15 is 0 Å². The molecule has 3 heteroatoms. The molecule has 1 rings (SSSR count). The second-order valence-corrected chi connectivity index (χ2v) is 4.28. The highest BCUT2D eigenvalue weighted by Crippen LogP contribution is 2.33. The van der Waals surface area contributed by atoms with Crippen molar-refractivity contribution in [3.05, 3.63) is 0 Å². The molecule has 1 aliphatic rings. The number of ketones is 1. The van der Waals surface area contributed by atoms with Crippen molar-refractivity contribution in [3.8, 4) is 0 Å². The van der Waals surface area contributed by atoms with E-state index in [1.165, 1.54) is 0 Å². The van der Waals surface area contributed by atoms with Crippen LogP contribution in [0.15, 0.2) is 0 Å². The number of cyclic esters (lactones) is 1. The maximum absolute atomic E-state index is 11.4. The Morgan fingerprint density at radius 1 is 1.25 bits per heavy atom. The van der Waals surface area contributed by atoms with E-state index in [0.29, 0.717) is 0 Å². The SMILES string of the molecule is CC1OC(=O)C(C(C)(C)C)C1=O. The first-order valence-electron chi connectivity index (χ1n) is 4.08. The minimum absolute atomic E-state index is 0.0903. The molecule has 1 fully saturated rings. The predicted octanol–water partition coefficient (Wildman–Crippen LogP) is 1.16. The van der Waals surface area contributed by atoms with E-state index < -0.39 is 12.0 Å². The molecule has 2 atom stereocenters. The lowest BCUT2D eigenvalue weighted by atomic mass is 9.78. The summed E-state index contributed by atoms with van der Waals surface area (Å²) in [6.45, 7) is 7.23. The van der Waals surface area contributed by atoms with Crippen LogP contribution in [0, 0.1) is 11.3 Å². The second-order valence-electron chi connectivity index (χ2n) is 4.28. The Kier molecular flexibility index (Phi) is 1.98. The highest BCUT2D eigenvalue weighted by molar-refractivity contribution is 6.06. The Bertz CT molecular complexity index is 224. The van der Waals surface area contributed by atoms with Crippen molar-refractivity contribution in [1.29, 1.82) is 0 Å². The van der Waals surface area contributed by atoms with Crippen molar-refractivity contribution in [2.24, 2.45) is 11.3 Å². The van der Waals surface area contributed by atoms with Gasteiger partial charge in [-0.05, 0) is 12.3 Å². The molecule has 0 saturated carbocycles. The number of esters is 1. The number of ether oxygens (including phenoxy) is 1. The molecule has 0 N–H and O–H groups in total. The molecule has 0 aliphatic carbocycles. The number of carbonyl (C=O) groups is 2. The number of rotatable bonds is 0. The van der Waals surface area contributed by atoms with Crippen LogP contribution in [0.1, 0.15) is 27.7 Å². The number of Topliss-reactive ketones (excluding diaryl/α,β-unsaturated/α-hetero) is 1. The summed E-state index contributed by atoms with van der Waals surface area (Å²) in [7, 11) is 0. The molecule has 0 aromatic carbocycles. The summed E-state index contributed by atoms with van der Waals surface area (Å²) in [5.74, 6) is -1.04. The van der Waals surface area contributed by atoms with Crippen LogP contribution in [-0.4, -0.2) is 17.9 Å². The average molecular weight is 170 g/mol. The van der Waals surface area contributed by atoms with Gasteiger partial charge in [0, 0.05) is 0 Å². The molecule has 0 spiro atoms. The Labute approximate surface area is 72.1 Å². The lowest BCUT2D eigenvalue weighted by Gasteiger charge is -2.21. The van der Waals surface area contributed by atoms with Crippen LogP contribution in [-0.2, 0) is 14.3 Å². The first kappa shape index (κ1) is 9.23. The number of hydrogen-bond donors (Lipinski definition) is 0. The highest BCUT2D eigenvalue weighted by Gasteiger charge is 2.47. The van der Waals surface area contributed by atoms with Gasteiger partial charge in [-0.2, -0.15) is 0 Å². The van der Waals surface area contributed by atoms with Gasteiger partial charge in [0.15, 0.2) is 11.9 Å². The maximum atomic E-state index is 11.4. The number of carbonyl (C=O) groups excluding carboxylic acids is 2. The monoisotopic (exact) mass is 170 g/mol. The zero-order valence-corrected chi connectivity index (χ0v) is 7.88. The van der Waals surface area contributed by atoms with Crippen LogP contribution in [0.4, 0.5) is 0 Å². The summed E-state index contributed by atoms with van der Waals surface area (Å²) in [4.78, 5) is 22.6. The summed E-state index contributed by atoms with van der Waals surface area (Å²) < 4.78 is 4.82. The minimum Gasteiger partial charge on any atom is -0.454 e. The van der Waals surface area contributed by atoms with Crippen molar-refractivity contribution in [2.75, 3.05) is 0 Å². The van der Waals surface area contributed by atoms with Crippen molar-refractivity contribution >= 4 is 11.8 Å². The summed E-state index contributed by atoms with van der Waals surface area (Å²) in [5.41, 5.74) is -0.321. The van der Waals surface area contributed by atoms with Crippen LogP contribution >= 0.6 is 0 Å². The molecule has 0 aromatic rings. The van der Waals surface area contributed by atoms with E-state index in [2.05, 4.69) is 0 Å². The Hall–Kier alpha value is -0.860. The summed E-state index contributed by atoms with van der Waals surface area (Å²) >= 11 is 0. The normalized spacial score (nSPS) is 30.7. The van der Waals surface area contributed by atoms with Crippen LogP contribution in [0.3, 0.4) is 0 Å². The van der Waals surface area contributed by atoms with Gasteiger partial charge in [-0.1, -0.05) is 20.8 Å². The summed E-state index contributed by atoms with van der Waals surface area (Å²) in [5, 5.41) is 0. The third-order valence-electron chi connectivity index (χ3n) is 2.08. The van der Waals surface area contributed by atoms with Gasteiger partial charge in [-0.15, -0.1) is 0 Å². The molecule has 0 bridgehead atoms. The molecule has 0 radical (unpaired) electrons. The van der Waals surface area contributed by atoms with Crippen molar-refractivity contribution < 1.29 is 14.3 Å². The smallest absolute Gasteiger partial charge is 0.317 e. The lowest BCUT2D eigenvalue weighted by molar-refractivity contribution is -0.146. The zero-order chi connectivity index (χ0) is 9.52. The first-order valence-corrected chi connectivity index (χ1v) is 4.08. The Morgan fingerprint density at radius 2 is 1.75 bits per heavy atom. The largest absolute Gasteiger partial charge is 0.454 e. The van der Waals surface area contributed by atoms with Crippen LogP contribution in [0.5, 0.6) is 0 Å². The standard InChI is InChI=1S/C9H14O3/c1-5-7(10)6(8(11)12-5)9(2,3)4/h5-6H,1-4H3.